The molecular weight excluding hydrogens is 244 g/mol. The van der Waals surface area contributed by atoms with Crippen molar-refractivity contribution in [2.24, 2.45) is 0 Å². The smallest absolute Gasteiger partial charge is 0.331 e. The van der Waals surface area contributed by atoms with Crippen molar-refractivity contribution in [3.05, 3.63) is 11.1 Å². The summed E-state index contributed by atoms with van der Waals surface area (Å²) in [5, 5.41) is 9.64. The van der Waals surface area contributed by atoms with Gasteiger partial charge in [0.05, 0.1) is 0 Å². The van der Waals surface area contributed by atoms with Crippen molar-refractivity contribution in [2.75, 3.05) is 5.33 Å². The molecule has 82 valence electrons. The Bertz CT molecular complexity index is 209. The third-order valence-electron chi connectivity index (χ3n) is 2.28. The van der Waals surface area contributed by atoms with Gasteiger partial charge in [-0.3, -0.25) is 0 Å². The zero-order valence-corrected chi connectivity index (χ0v) is 10.6. The summed E-state index contributed by atoms with van der Waals surface area (Å²) in [6, 6.07) is 0. The van der Waals surface area contributed by atoms with Gasteiger partial charge in [-0.25, -0.2) is 4.79 Å². The molecule has 0 atom stereocenters. The third kappa shape index (κ3) is 4.80. The van der Waals surface area contributed by atoms with Crippen molar-refractivity contribution in [3.8, 4) is 0 Å². The van der Waals surface area contributed by atoms with Crippen molar-refractivity contribution < 1.29 is 9.90 Å². The predicted octanol–water partition coefficient (Wildman–Crippen LogP) is 3.75. The van der Waals surface area contributed by atoms with Gasteiger partial charge in [0.25, 0.3) is 0 Å². The molecule has 0 fully saturated rings. The van der Waals surface area contributed by atoms with E-state index < -0.39 is 5.97 Å². The maximum Gasteiger partial charge on any atom is 0.331 e. The molecule has 1 N–H and O–H groups in total. The normalized spacial score (nSPS) is 12.5. The Balaban J connectivity index is 4.38. The fourth-order valence-corrected chi connectivity index (χ4v) is 2.06. The average molecular weight is 263 g/mol. The molecule has 0 saturated carbocycles. The summed E-state index contributed by atoms with van der Waals surface area (Å²) in [4.78, 5) is 10.9. The molecule has 2 nitrogen and oxygen atoms in total. The number of halogens is 1. The molecule has 0 aromatic heterocycles. The van der Waals surface area contributed by atoms with E-state index in [4.69, 9.17) is 5.11 Å². The fraction of sp³-hybridized carbons (Fsp3) is 0.727. The molecule has 0 aliphatic heterocycles. The highest BCUT2D eigenvalue weighted by Crippen LogP contribution is 2.18. The minimum absolute atomic E-state index is 0.581. The second-order valence-corrected chi connectivity index (χ2v) is 3.89. The van der Waals surface area contributed by atoms with Gasteiger partial charge < -0.3 is 5.11 Å². The molecular formula is C11H19BrO2. The SMILES string of the molecule is CCCCCC(CBr)=C(CC)C(=O)O. The first-order chi connectivity index (χ1) is 6.67. The molecule has 0 unspecified atom stereocenters. The molecule has 0 radical (unpaired) electrons. The number of carbonyl (C=O) groups is 1. The maximum absolute atomic E-state index is 10.9. The number of aliphatic carboxylic acids is 1. The van der Waals surface area contributed by atoms with E-state index in [9.17, 15) is 4.79 Å². The summed E-state index contributed by atoms with van der Waals surface area (Å²) >= 11 is 3.36. The standard InChI is InChI=1S/C11H19BrO2/c1-3-5-6-7-9(8-12)10(4-2)11(13)14/h3-8H2,1-2H3,(H,13,14). The number of rotatable bonds is 7. The summed E-state index contributed by atoms with van der Waals surface area (Å²) in [5.41, 5.74) is 1.63. The first-order valence-corrected chi connectivity index (χ1v) is 6.29. The van der Waals surface area contributed by atoms with Crippen LogP contribution in [0.1, 0.15) is 46.0 Å². The summed E-state index contributed by atoms with van der Waals surface area (Å²) < 4.78 is 0. The number of hydrogen-bond donors (Lipinski definition) is 1. The fourth-order valence-electron chi connectivity index (χ4n) is 1.44. The Hall–Kier alpha value is -0.310. The van der Waals surface area contributed by atoms with Gasteiger partial charge in [-0.15, -0.1) is 0 Å². The van der Waals surface area contributed by atoms with Crippen LogP contribution in [0.25, 0.3) is 0 Å². The van der Waals surface area contributed by atoms with Gasteiger partial charge in [-0.1, -0.05) is 42.6 Å². The highest BCUT2D eigenvalue weighted by atomic mass is 79.9. The van der Waals surface area contributed by atoms with Crippen LogP contribution in [0.2, 0.25) is 0 Å². The van der Waals surface area contributed by atoms with Crippen LogP contribution in [0.3, 0.4) is 0 Å². The number of hydrogen-bond acceptors (Lipinski definition) is 1. The molecule has 0 spiro atoms. The lowest BCUT2D eigenvalue weighted by molar-refractivity contribution is -0.132. The van der Waals surface area contributed by atoms with Crippen molar-refractivity contribution in [2.45, 2.75) is 46.0 Å². The molecule has 0 saturated heterocycles. The van der Waals surface area contributed by atoms with Gasteiger partial charge in [0.2, 0.25) is 0 Å². The van der Waals surface area contributed by atoms with Crippen molar-refractivity contribution in [3.63, 3.8) is 0 Å². The lowest BCUT2D eigenvalue weighted by Crippen LogP contribution is -2.05. The molecule has 0 aromatic rings. The van der Waals surface area contributed by atoms with Crippen LogP contribution >= 0.6 is 15.9 Å². The number of unbranched alkanes of at least 4 members (excludes halogenated alkanes) is 2. The molecule has 0 bridgehead atoms. The lowest BCUT2D eigenvalue weighted by atomic mass is 10.0. The topological polar surface area (TPSA) is 37.3 Å². The summed E-state index contributed by atoms with van der Waals surface area (Å²) in [5.74, 6) is -0.765. The number of alkyl halides is 1. The average Bonchev–Trinajstić information content (AvgIpc) is 2.16. The van der Waals surface area contributed by atoms with Crippen LogP contribution in [0, 0.1) is 0 Å². The Morgan fingerprint density at radius 1 is 1.29 bits per heavy atom. The van der Waals surface area contributed by atoms with Gasteiger partial charge in [0, 0.05) is 10.9 Å². The monoisotopic (exact) mass is 262 g/mol. The molecule has 0 amide bonds. The van der Waals surface area contributed by atoms with E-state index in [1.54, 1.807) is 0 Å². The van der Waals surface area contributed by atoms with E-state index in [1.165, 1.54) is 12.8 Å². The Kier molecular flexibility index (Phi) is 7.86. The van der Waals surface area contributed by atoms with E-state index in [0.717, 1.165) is 18.4 Å². The van der Waals surface area contributed by atoms with E-state index in [0.29, 0.717) is 17.3 Å². The number of carboxylic acid groups (broad SMARTS) is 1. The van der Waals surface area contributed by atoms with E-state index >= 15 is 0 Å². The predicted molar refractivity (Wildman–Crippen MR) is 62.9 cm³/mol. The first-order valence-electron chi connectivity index (χ1n) is 5.17. The Morgan fingerprint density at radius 2 is 1.93 bits per heavy atom. The minimum atomic E-state index is -0.765. The highest BCUT2D eigenvalue weighted by molar-refractivity contribution is 9.09. The highest BCUT2D eigenvalue weighted by Gasteiger charge is 2.10. The van der Waals surface area contributed by atoms with Crippen LogP contribution in [0.4, 0.5) is 0 Å². The van der Waals surface area contributed by atoms with E-state index in [-0.39, 0.29) is 0 Å². The van der Waals surface area contributed by atoms with Crippen LogP contribution in [0.15, 0.2) is 11.1 Å². The van der Waals surface area contributed by atoms with Crippen LogP contribution in [-0.4, -0.2) is 16.4 Å². The van der Waals surface area contributed by atoms with Crippen molar-refractivity contribution in [1.82, 2.24) is 0 Å². The molecule has 0 aliphatic rings. The molecule has 0 aliphatic carbocycles. The summed E-state index contributed by atoms with van der Waals surface area (Å²) in [6.45, 7) is 4.04. The lowest BCUT2D eigenvalue weighted by Gasteiger charge is -2.08. The molecule has 0 aromatic carbocycles. The first kappa shape index (κ1) is 13.7. The zero-order valence-electron chi connectivity index (χ0n) is 8.98. The largest absolute Gasteiger partial charge is 0.478 e. The van der Waals surface area contributed by atoms with E-state index in [1.807, 2.05) is 6.92 Å². The van der Waals surface area contributed by atoms with Crippen molar-refractivity contribution >= 4 is 21.9 Å². The molecule has 0 rings (SSSR count). The third-order valence-corrected chi connectivity index (χ3v) is 2.96. The van der Waals surface area contributed by atoms with Gasteiger partial charge >= 0.3 is 5.97 Å². The summed E-state index contributed by atoms with van der Waals surface area (Å²) in [6.07, 6.45) is 4.96. The minimum Gasteiger partial charge on any atom is -0.478 e. The molecule has 3 heteroatoms. The summed E-state index contributed by atoms with van der Waals surface area (Å²) in [7, 11) is 0. The Labute approximate surface area is 94.5 Å². The quantitative estimate of drug-likeness (QED) is 0.431. The van der Waals surface area contributed by atoms with Gasteiger partial charge in [0.1, 0.15) is 0 Å². The van der Waals surface area contributed by atoms with Crippen LogP contribution in [0.5, 0.6) is 0 Å². The van der Waals surface area contributed by atoms with E-state index in [2.05, 4.69) is 22.9 Å². The zero-order chi connectivity index (χ0) is 11.0. The van der Waals surface area contributed by atoms with Gasteiger partial charge in [-0.2, -0.15) is 0 Å². The number of carboxylic acids is 1. The second kappa shape index (κ2) is 8.04. The number of allylic oxidation sites excluding steroid dienone is 1. The maximum atomic E-state index is 10.9. The van der Waals surface area contributed by atoms with Gasteiger partial charge in [0.15, 0.2) is 0 Å². The van der Waals surface area contributed by atoms with Crippen LogP contribution < -0.4 is 0 Å². The Morgan fingerprint density at radius 3 is 2.29 bits per heavy atom. The second-order valence-electron chi connectivity index (χ2n) is 3.33. The van der Waals surface area contributed by atoms with Crippen LogP contribution in [-0.2, 0) is 4.79 Å². The molecule has 0 heterocycles. The van der Waals surface area contributed by atoms with Gasteiger partial charge in [-0.05, 0) is 24.8 Å². The molecule has 14 heavy (non-hydrogen) atoms. The van der Waals surface area contributed by atoms with Crippen molar-refractivity contribution in [1.29, 1.82) is 0 Å².